The quantitative estimate of drug-likeness (QED) is 0.789. The van der Waals surface area contributed by atoms with Crippen LogP contribution in [0.3, 0.4) is 0 Å². The Morgan fingerprint density at radius 2 is 2.22 bits per heavy atom. The summed E-state index contributed by atoms with van der Waals surface area (Å²) in [5.74, 6) is -0.582. The summed E-state index contributed by atoms with van der Waals surface area (Å²) in [4.78, 5) is 11.8. The molecule has 3 heteroatoms. The number of aliphatic carboxylic acids is 1. The number of hydrogen-bond donors (Lipinski definition) is 1. The lowest BCUT2D eigenvalue weighted by Gasteiger charge is -2.41. The van der Waals surface area contributed by atoms with Crippen molar-refractivity contribution >= 4 is 5.97 Å². The first-order chi connectivity index (χ1) is 8.50. The smallest absolute Gasteiger partial charge is 0.314 e. The molecule has 0 heterocycles. The van der Waals surface area contributed by atoms with Crippen molar-refractivity contribution in [1.82, 2.24) is 0 Å². The molecule has 0 aromatic carbocycles. The average molecular weight is 252 g/mol. The molecular weight excluding hydrogens is 228 g/mol. The molecule has 1 aliphatic carbocycles. The number of ether oxygens (including phenoxy) is 1. The number of carboxylic acids is 1. The first kappa shape index (κ1) is 15.0. The molecule has 0 fully saturated rings. The highest BCUT2D eigenvalue weighted by molar-refractivity contribution is 5.79. The van der Waals surface area contributed by atoms with E-state index < -0.39 is 11.4 Å². The van der Waals surface area contributed by atoms with E-state index in [0.717, 1.165) is 12.8 Å². The van der Waals surface area contributed by atoms with Gasteiger partial charge in [0, 0.05) is 13.7 Å². The molecule has 0 aliphatic heterocycles. The summed E-state index contributed by atoms with van der Waals surface area (Å²) >= 11 is 0. The van der Waals surface area contributed by atoms with Gasteiger partial charge in [0.15, 0.2) is 0 Å². The summed E-state index contributed by atoms with van der Waals surface area (Å²) in [6, 6.07) is 0. The molecule has 2 unspecified atom stereocenters. The monoisotopic (exact) mass is 252 g/mol. The van der Waals surface area contributed by atoms with Gasteiger partial charge in [0.2, 0.25) is 0 Å². The van der Waals surface area contributed by atoms with Gasteiger partial charge in [-0.25, -0.2) is 0 Å². The van der Waals surface area contributed by atoms with Gasteiger partial charge in [0.25, 0.3) is 0 Å². The van der Waals surface area contributed by atoms with Crippen LogP contribution < -0.4 is 0 Å². The molecule has 0 amide bonds. The van der Waals surface area contributed by atoms with Crippen LogP contribution >= 0.6 is 0 Å². The van der Waals surface area contributed by atoms with E-state index in [0.29, 0.717) is 6.61 Å². The summed E-state index contributed by atoms with van der Waals surface area (Å²) in [5, 5.41) is 9.69. The van der Waals surface area contributed by atoms with E-state index in [9.17, 15) is 9.90 Å². The van der Waals surface area contributed by atoms with Crippen LogP contribution in [0.5, 0.6) is 0 Å². The number of rotatable bonds is 6. The first-order valence-corrected chi connectivity index (χ1v) is 6.61. The molecule has 0 radical (unpaired) electrons. The van der Waals surface area contributed by atoms with E-state index in [1.165, 1.54) is 5.57 Å². The molecule has 18 heavy (non-hydrogen) atoms. The standard InChI is InChI=1S/C15H24O3/c1-5-13-12(8-10-18-4)7-6-9-15(13,11(2)3)14(16)17/h6-7,9,11,13H,5,8,10H2,1-4H3,(H,16,17). The second-order valence-electron chi connectivity index (χ2n) is 5.20. The second-order valence-corrected chi connectivity index (χ2v) is 5.20. The van der Waals surface area contributed by atoms with Crippen molar-refractivity contribution in [3.8, 4) is 0 Å². The van der Waals surface area contributed by atoms with Gasteiger partial charge >= 0.3 is 5.97 Å². The predicted molar refractivity (Wildman–Crippen MR) is 72.4 cm³/mol. The van der Waals surface area contributed by atoms with Gasteiger partial charge in [-0.05, 0) is 24.7 Å². The van der Waals surface area contributed by atoms with Crippen LogP contribution in [0, 0.1) is 17.3 Å². The van der Waals surface area contributed by atoms with E-state index in [2.05, 4.69) is 13.0 Å². The summed E-state index contributed by atoms with van der Waals surface area (Å²) in [7, 11) is 1.67. The third kappa shape index (κ3) is 2.51. The molecule has 3 nitrogen and oxygen atoms in total. The minimum atomic E-state index is -0.771. The molecule has 102 valence electrons. The van der Waals surface area contributed by atoms with E-state index >= 15 is 0 Å². The molecule has 0 aromatic heterocycles. The van der Waals surface area contributed by atoms with E-state index in [1.54, 1.807) is 7.11 Å². The maximum Gasteiger partial charge on any atom is 0.314 e. The van der Waals surface area contributed by atoms with Crippen LogP contribution in [-0.2, 0) is 9.53 Å². The van der Waals surface area contributed by atoms with Gasteiger partial charge in [-0.3, -0.25) is 4.79 Å². The molecule has 0 aromatic rings. The summed E-state index contributed by atoms with van der Waals surface area (Å²) in [5.41, 5.74) is 0.421. The Labute approximate surface area is 110 Å². The minimum Gasteiger partial charge on any atom is -0.481 e. The molecule has 0 bridgehead atoms. The van der Waals surface area contributed by atoms with Crippen molar-refractivity contribution in [2.24, 2.45) is 17.3 Å². The van der Waals surface area contributed by atoms with Crippen molar-refractivity contribution in [2.75, 3.05) is 13.7 Å². The molecule has 0 saturated carbocycles. The maximum atomic E-state index is 11.8. The van der Waals surface area contributed by atoms with Crippen molar-refractivity contribution in [3.05, 3.63) is 23.8 Å². The molecule has 1 aliphatic rings. The molecule has 0 spiro atoms. The largest absolute Gasteiger partial charge is 0.481 e. The lowest BCUT2D eigenvalue weighted by molar-refractivity contribution is -0.151. The van der Waals surface area contributed by atoms with Gasteiger partial charge in [0.1, 0.15) is 0 Å². The zero-order valence-electron chi connectivity index (χ0n) is 11.8. The van der Waals surface area contributed by atoms with Crippen LogP contribution in [0.25, 0.3) is 0 Å². The average Bonchev–Trinajstić information content (AvgIpc) is 2.34. The minimum absolute atomic E-state index is 0.0650. The van der Waals surface area contributed by atoms with Crippen LogP contribution in [0.15, 0.2) is 23.8 Å². The summed E-state index contributed by atoms with van der Waals surface area (Å²) < 4.78 is 5.11. The van der Waals surface area contributed by atoms with Crippen molar-refractivity contribution < 1.29 is 14.6 Å². The van der Waals surface area contributed by atoms with Crippen molar-refractivity contribution in [2.45, 2.75) is 33.6 Å². The molecule has 1 rings (SSSR count). The fraction of sp³-hybridized carbons (Fsp3) is 0.667. The highest BCUT2D eigenvalue weighted by Crippen LogP contribution is 2.46. The zero-order valence-corrected chi connectivity index (χ0v) is 11.8. The fourth-order valence-electron chi connectivity index (χ4n) is 3.01. The van der Waals surface area contributed by atoms with Crippen LogP contribution in [0.1, 0.15) is 33.6 Å². The molecule has 1 N–H and O–H groups in total. The predicted octanol–water partition coefficient (Wildman–Crippen LogP) is 3.27. The van der Waals surface area contributed by atoms with Gasteiger partial charge in [-0.2, -0.15) is 0 Å². The van der Waals surface area contributed by atoms with E-state index in [1.807, 2.05) is 26.0 Å². The van der Waals surface area contributed by atoms with Crippen LogP contribution in [-0.4, -0.2) is 24.8 Å². The lowest BCUT2D eigenvalue weighted by Crippen LogP contribution is -2.43. The first-order valence-electron chi connectivity index (χ1n) is 6.61. The number of hydrogen-bond acceptors (Lipinski definition) is 2. The topological polar surface area (TPSA) is 46.5 Å². The lowest BCUT2D eigenvalue weighted by atomic mass is 9.61. The number of allylic oxidation sites excluding steroid dienone is 2. The Balaban J connectivity index is 3.11. The zero-order chi connectivity index (χ0) is 13.8. The van der Waals surface area contributed by atoms with Crippen molar-refractivity contribution in [3.63, 3.8) is 0 Å². The molecule has 2 atom stereocenters. The Morgan fingerprint density at radius 1 is 1.56 bits per heavy atom. The number of carboxylic acid groups (broad SMARTS) is 1. The Morgan fingerprint density at radius 3 is 2.67 bits per heavy atom. The maximum absolute atomic E-state index is 11.8. The second kappa shape index (κ2) is 6.19. The van der Waals surface area contributed by atoms with E-state index in [4.69, 9.17) is 4.74 Å². The van der Waals surface area contributed by atoms with Gasteiger partial charge in [0.05, 0.1) is 5.41 Å². The van der Waals surface area contributed by atoms with Gasteiger partial charge < -0.3 is 9.84 Å². The third-order valence-electron chi connectivity index (χ3n) is 4.04. The normalized spacial score (nSPS) is 27.4. The Bertz CT molecular complexity index is 355. The highest BCUT2D eigenvalue weighted by atomic mass is 16.5. The van der Waals surface area contributed by atoms with Crippen LogP contribution in [0.4, 0.5) is 0 Å². The Kier molecular flexibility index (Phi) is 5.15. The molecule has 0 saturated heterocycles. The fourth-order valence-corrected chi connectivity index (χ4v) is 3.01. The Hall–Kier alpha value is -1.09. The number of carbonyl (C=O) groups is 1. The van der Waals surface area contributed by atoms with Gasteiger partial charge in [-0.1, -0.05) is 44.6 Å². The summed E-state index contributed by atoms with van der Waals surface area (Å²) in [6.07, 6.45) is 7.46. The van der Waals surface area contributed by atoms with Crippen LogP contribution in [0.2, 0.25) is 0 Å². The number of methoxy groups -OCH3 is 1. The summed E-state index contributed by atoms with van der Waals surface area (Å²) in [6.45, 7) is 6.68. The third-order valence-corrected chi connectivity index (χ3v) is 4.04. The van der Waals surface area contributed by atoms with Gasteiger partial charge in [-0.15, -0.1) is 0 Å². The SMILES string of the molecule is CCC1C(CCOC)=CC=CC1(C(=O)O)C(C)C. The molecular formula is C15H24O3. The highest BCUT2D eigenvalue weighted by Gasteiger charge is 2.47. The van der Waals surface area contributed by atoms with E-state index in [-0.39, 0.29) is 11.8 Å². The van der Waals surface area contributed by atoms with Crippen molar-refractivity contribution in [1.29, 1.82) is 0 Å².